The highest BCUT2D eigenvalue weighted by atomic mass is 16.6. The molecule has 3 amide bonds. The van der Waals surface area contributed by atoms with E-state index in [9.17, 15) is 14.7 Å². The number of carbonyl (C=O) groups is 3. The number of imidazole rings is 2. The van der Waals surface area contributed by atoms with Crippen LogP contribution in [0.25, 0.3) is 0 Å². The Kier molecular flexibility index (Phi) is 15.9. The minimum Gasteiger partial charge on any atom is -0.444 e. The fraction of sp³-hybridized carbons (Fsp3) is 0.400. The third-order valence-corrected chi connectivity index (χ3v) is 9.61. The molecule has 4 atom stereocenters. The molecule has 2 aromatic heterocycles. The number of H-pyrrole nitrogens is 1. The molecular formula is C45H57N7O7. The highest BCUT2D eigenvalue weighted by molar-refractivity contribution is 5.91. The molecule has 59 heavy (non-hydrogen) atoms. The molecule has 0 fully saturated rings. The Bertz CT molecular complexity index is 2020. The van der Waals surface area contributed by atoms with Gasteiger partial charge in [-0.05, 0) is 49.8 Å². The number of aliphatic hydroxyl groups is 1. The molecule has 4 N–H and O–H groups in total. The third kappa shape index (κ3) is 13.1. The summed E-state index contributed by atoms with van der Waals surface area (Å²) in [6.45, 7) is 9.32. The van der Waals surface area contributed by atoms with Crippen molar-refractivity contribution in [1.82, 2.24) is 29.3 Å². The summed E-state index contributed by atoms with van der Waals surface area (Å²) < 4.78 is 19.9. The summed E-state index contributed by atoms with van der Waals surface area (Å²) in [5, 5.41) is 12.5. The van der Waals surface area contributed by atoms with Gasteiger partial charge in [-0.1, -0.05) is 105 Å². The van der Waals surface area contributed by atoms with Gasteiger partial charge in [0.25, 0.3) is 0 Å². The van der Waals surface area contributed by atoms with Crippen molar-refractivity contribution < 1.29 is 33.7 Å². The molecule has 5 aromatic rings. The Labute approximate surface area is 346 Å². The van der Waals surface area contributed by atoms with E-state index in [4.69, 9.17) is 19.9 Å². The average molecular weight is 808 g/mol. The first kappa shape index (κ1) is 44.3. The van der Waals surface area contributed by atoms with E-state index in [1.807, 2.05) is 105 Å². The van der Waals surface area contributed by atoms with Crippen molar-refractivity contribution in [2.24, 2.45) is 11.7 Å². The topological polar surface area (TPSA) is 178 Å². The molecule has 0 radical (unpaired) electrons. The van der Waals surface area contributed by atoms with Crippen molar-refractivity contribution in [2.75, 3.05) is 6.73 Å². The lowest BCUT2D eigenvalue weighted by atomic mass is 9.92. The minimum atomic E-state index is -1.36. The number of nitrogens with two attached hydrogens (primary N) is 1. The number of aliphatic hydroxyl groups excluding tert-OH is 1. The van der Waals surface area contributed by atoms with Gasteiger partial charge in [-0.25, -0.2) is 14.8 Å². The van der Waals surface area contributed by atoms with Crippen LogP contribution in [0.5, 0.6) is 0 Å². The Morgan fingerprint density at radius 2 is 1.44 bits per heavy atom. The van der Waals surface area contributed by atoms with Gasteiger partial charge in [0.05, 0.1) is 49.5 Å². The number of aromatic nitrogens is 4. The first-order valence-corrected chi connectivity index (χ1v) is 19.8. The summed E-state index contributed by atoms with van der Waals surface area (Å²) in [7, 11) is 0. The number of nitrogens with zero attached hydrogens (tertiary/aromatic N) is 5. The van der Waals surface area contributed by atoms with Crippen LogP contribution in [0.15, 0.2) is 116 Å². The van der Waals surface area contributed by atoms with E-state index >= 15 is 4.79 Å². The molecule has 0 bridgehead atoms. The summed E-state index contributed by atoms with van der Waals surface area (Å²) >= 11 is 0. The Balaban J connectivity index is 1.60. The first-order valence-electron chi connectivity index (χ1n) is 19.8. The van der Waals surface area contributed by atoms with Crippen LogP contribution in [0.3, 0.4) is 0 Å². The lowest BCUT2D eigenvalue weighted by Crippen LogP contribution is -2.61. The lowest BCUT2D eigenvalue weighted by molar-refractivity contribution is -0.153. The largest absolute Gasteiger partial charge is 0.444 e. The third-order valence-electron chi connectivity index (χ3n) is 9.61. The number of rotatable bonds is 21. The molecule has 0 aliphatic rings. The van der Waals surface area contributed by atoms with Crippen molar-refractivity contribution in [3.05, 3.63) is 144 Å². The summed E-state index contributed by atoms with van der Waals surface area (Å²) in [5.41, 5.74) is 8.53. The van der Waals surface area contributed by atoms with Crippen molar-refractivity contribution in [3.8, 4) is 0 Å². The number of ether oxygens (including phenoxy) is 3. The van der Waals surface area contributed by atoms with Gasteiger partial charge in [0.1, 0.15) is 37.3 Å². The maximum Gasteiger partial charge on any atom is 0.411 e. The standard InChI is InChI=1S/C45H57N7O7/c1-32(2)21-37(41(53)40-25-48-29-50(40)30-57-26-34-17-11-7-12-18-34)52(44(56)59-45(3,4)5)39(22-33-15-9-6-10-16-33)43(55)51(31-58-27-35-19-13-8-14-20-35)38(42(46)54)23-36-24-47-28-49-36/h6-20,24-25,28-29,32,37-39,41,53H,21-23,26-27,30-31H2,1-5H3,(H2,46,54)(H,47,49)/t37?,38-,39-,41-/m0/s1. The van der Waals surface area contributed by atoms with E-state index < -0.39 is 47.7 Å². The quantitative estimate of drug-likeness (QED) is 0.0731. The summed E-state index contributed by atoms with van der Waals surface area (Å²) in [4.78, 5) is 57.9. The van der Waals surface area contributed by atoms with Crippen LogP contribution in [-0.4, -0.2) is 82.8 Å². The maximum atomic E-state index is 15.6. The number of nitrogens with one attached hydrogen (secondary N) is 1. The van der Waals surface area contributed by atoms with Crippen LogP contribution in [0, 0.1) is 5.92 Å². The molecule has 5 rings (SSSR count). The normalized spacial score (nSPS) is 13.7. The highest BCUT2D eigenvalue weighted by Gasteiger charge is 2.45. The van der Waals surface area contributed by atoms with Gasteiger partial charge < -0.3 is 39.5 Å². The molecule has 14 nitrogen and oxygen atoms in total. The number of amides is 3. The number of primary amides is 1. The van der Waals surface area contributed by atoms with Gasteiger partial charge in [-0.2, -0.15) is 0 Å². The number of hydrogen-bond donors (Lipinski definition) is 3. The number of carbonyl (C=O) groups excluding carboxylic acids is 3. The van der Waals surface area contributed by atoms with Crippen LogP contribution in [-0.2, 0) is 56.6 Å². The average Bonchev–Trinajstić information content (AvgIpc) is 3.91. The van der Waals surface area contributed by atoms with Crippen LogP contribution >= 0.6 is 0 Å². The molecule has 0 saturated carbocycles. The molecule has 2 heterocycles. The van der Waals surface area contributed by atoms with Gasteiger partial charge in [-0.3, -0.25) is 14.5 Å². The molecular weight excluding hydrogens is 751 g/mol. The molecule has 0 spiro atoms. The fourth-order valence-electron chi connectivity index (χ4n) is 6.85. The summed E-state index contributed by atoms with van der Waals surface area (Å²) in [5.74, 6) is -1.49. The van der Waals surface area contributed by atoms with E-state index in [1.165, 1.54) is 22.3 Å². The van der Waals surface area contributed by atoms with Gasteiger partial charge in [-0.15, -0.1) is 0 Å². The van der Waals surface area contributed by atoms with Crippen LogP contribution in [0.4, 0.5) is 4.79 Å². The van der Waals surface area contributed by atoms with E-state index in [2.05, 4.69) is 15.0 Å². The molecule has 14 heteroatoms. The van der Waals surface area contributed by atoms with Gasteiger partial charge in [0.15, 0.2) is 0 Å². The Hall–Kier alpha value is -5.83. The van der Waals surface area contributed by atoms with E-state index in [1.54, 1.807) is 37.9 Å². The van der Waals surface area contributed by atoms with Gasteiger partial charge >= 0.3 is 6.09 Å². The van der Waals surface area contributed by atoms with E-state index in [0.717, 1.165) is 16.7 Å². The van der Waals surface area contributed by atoms with Crippen molar-refractivity contribution in [3.63, 3.8) is 0 Å². The van der Waals surface area contributed by atoms with E-state index in [-0.39, 0.29) is 45.2 Å². The second-order valence-corrected chi connectivity index (χ2v) is 15.9. The molecule has 0 saturated heterocycles. The molecule has 1 unspecified atom stereocenters. The van der Waals surface area contributed by atoms with Crippen molar-refractivity contribution in [1.29, 1.82) is 0 Å². The van der Waals surface area contributed by atoms with Crippen LogP contribution in [0.2, 0.25) is 0 Å². The molecule has 3 aromatic carbocycles. The number of aromatic amines is 1. The smallest absolute Gasteiger partial charge is 0.411 e. The lowest BCUT2D eigenvalue weighted by Gasteiger charge is -2.43. The zero-order valence-corrected chi connectivity index (χ0v) is 34.5. The van der Waals surface area contributed by atoms with Crippen molar-refractivity contribution in [2.45, 2.75) is 104 Å². The van der Waals surface area contributed by atoms with Gasteiger partial charge in [0.2, 0.25) is 11.8 Å². The van der Waals surface area contributed by atoms with Crippen molar-refractivity contribution >= 4 is 17.9 Å². The highest BCUT2D eigenvalue weighted by Crippen LogP contribution is 2.32. The monoisotopic (exact) mass is 807 g/mol. The van der Waals surface area contributed by atoms with Crippen LogP contribution in [0.1, 0.15) is 75.2 Å². The number of benzene rings is 3. The van der Waals surface area contributed by atoms with E-state index in [0.29, 0.717) is 18.0 Å². The predicted molar refractivity (Wildman–Crippen MR) is 222 cm³/mol. The molecule has 314 valence electrons. The molecule has 0 aliphatic heterocycles. The van der Waals surface area contributed by atoms with Gasteiger partial charge in [0, 0.05) is 19.0 Å². The Morgan fingerprint density at radius 1 is 0.847 bits per heavy atom. The zero-order chi connectivity index (χ0) is 42.4. The fourth-order valence-corrected chi connectivity index (χ4v) is 6.85. The zero-order valence-electron chi connectivity index (χ0n) is 34.5. The second-order valence-electron chi connectivity index (χ2n) is 15.9. The maximum absolute atomic E-state index is 15.6. The second kappa shape index (κ2) is 21.3. The minimum absolute atomic E-state index is 0.00273. The summed E-state index contributed by atoms with van der Waals surface area (Å²) in [6, 6.07) is 24.8. The van der Waals surface area contributed by atoms with Crippen LogP contribution < -0.4 is 5.73 Å². The number of hydrogen-bond acceptors (Lipinski definition) is 9. The molecule has 0 aliphatic carbocycles. The Morgan fingerprint density at radius 3 is 1.98 bits per heavy atom. The summed E-state index contributed by atoms with van der Waals surface area (Å²) in [6.07, 6.45) is 4.23. The first-order chi connectivity index (χ1) is 28.3. The SMILES string of the molecule is CC(C)CC([C@H](O)c1cncn1COCc1ccccc1)N(C(=O)OC(C)(C)C)[C@@H](Cc1ccccc1)C(=O)N(COCc1ccccc1)[C@@H](Cc1c[nH]cn1)C(N)=O. The predicted octanol–water partition coefficient (Wildman–Crippen LogP) is 6.18.